The standard InChI is InChI=1S/C22H37N3/c1-6-8-20(25(4)5)17(7-2)9-10-18-15-24-21-19-13-16(11-12-23-21)14-22(18,19)3/h7,9,15-16,18-21,23H,2,6,8,10-14H2,1,3-5H3/b17-9-/t16-,18?,19?,20?,21?,22+/m0/s1. The molecule has 2 aliphatic heterocycles. The minimum absolute atomic E-state index is 0.367. The zero-order valence-corrected chi connectivity index (χ0v) is 16.7. The Morgan fingerprint density at radius 1 is 1.48 bits per heavy atom. The zero-order valence-electron chi connectivity index (χ0n) is 16.7. The lowest BCUT2D eigenvalue weighted by molar-refractivity contribution is 0.115. The van der Waals surface area contributed by atoms with Crippen molar-refractivity contribution in [1.82, 2.24) is 10.2 Å². The topological polar surface area (TPSA) is 27.6 Å². The van der Waals surface area contributed by atoms with Gasteiger partial charge in [-0.3, -0.25) is 10.3 Å². The third kappa shape index (κ3) is 3.64. The summed E-state index contributed by atoms with van der Waals surface area (Å²) >= 11 is 0. The van der Waals surface area contributed by atoms with Crippen LogP contribution in [0.1, 0.15) is 52.4 Å². The lowest BCUT2D eigenvalue weighted by Gasteiger charge is -2.44. The van der Waals surface area contributed by atoms with Crippen molar-refractivity contribution in [2.24, 2.45) is 28.2 Å². The number of hydrogen-bond donors (Lipinski definition) is 1. The van der Waals surface area contributed by atoms with Gasteiger partial charge in [0.1, 0.15) is 6.17 Å². The highest BCUT2D eigenvalue weighted by molar-refractivity contribution is 5.64. The lowest BCUT2D eigenvalue weighted by atomic mass is 9.65. The summed E-state index contributed by atoms with van der Waals surface area (Å²) in [4.78, 5) is 7.27. The number of aliphatic imine (C=N–C) groups is 1. The molecule has 2 heterocycles. The minimum Gasteiger partial charge on any atom is -0.302 e. The van der Waals surface area contributed by atoms with Gasteiger partial charge in [0.15, 0.2) is 0 Å². The van der Waals surface area contributed by atoms with Crippen LogP contribution in [0.25, 0.3) is 0 Å². The number of rotatable bonds is 7. The van der Waals surface area contributed by atoms with Gasteiger partial charge >= 0.3 is 0 Å². The molecule has 1 saturated carbocycles. The van der Waals surface area contributed by atoms with Crippen molar-refractivity contribution >= 4 is 6.21 Å². The monoisotopic (exact) mass is 343 g/mol. The fourth-order valence-corrected chi connectivity index (χ4v) is 5.67. The molecule has 3 nitrogen and oxygen atoms in total. The van der Waals surface area contributed by atoms with E-state index in [0.29, 0.717) is 23.5 Å². The summed E-state index contributed by atoms with van der Waals surface area (Å²) in [6.45, 7) is 10.0. The number of fused-ring (bicyclic) bond motifs is 1. The van der Waals surface area contributed by atoms with Gasteiger partial charge in [0.25, 0.3) is 0 Å². The van der Waals surface area contributed by atoms with Gasteiger partial charge in [0.2, 0.25) is 0 Å². The summed E-state index contributed by atoms with van der Waals surface area (Å²) in [5, 5.41) is 3.68. The fourth-order valence-electron chi connectivity index (χ4n) is 5.67. The van der Waals surface area contributed by atoms with Gasteiger partial charge in [-0.05, 0) is 69.7 Å². The van der Waals surface area contributed by atoms with E-state index in [9.17, 15) is 0 Å². The second kappa shape index (κ2) is 7.75. The maximum absolute atomic E-state index is 4.93. The molecule has 2 bridgehead atoms. The quantitative estimate of drug-likeness (QED) is 0.699. The predicted molar refractivity (Wildman–Crippen MR) is 108 cm³/mol. The maximum Gasteiger partial charge on any atom is 0.102 e. The third-order valence-electron chi connectivity index (χ3n) is 7.14. The van der Waals surface area contributed by atoms with Gasteiger partial charge in [-0.1, -0.05) is 39.0 Å². The Balaban J connectivity index is 1.78. The number of nitrogens with one attached hydrogen (secondary N) is 1. The van der Waals surface area contributed by atoms with Crippen molar-refractivity contribution in [3.8, 4) is 0 Å². The Labute approximate surface area is 154 Å². The Morgan fingerprint density at radius 3 is 2.96 bits per heavy atom. The van der Waals surface area contributed by atoms with Crippen molar-refractivity contribution in [3.63, 3.8) is 0 Å². The van der Waals surface area contributed by atoms with Crippen LogP contribution in [0.4, 0.5) is 0 Å². The second-order valence-corrected chi connectivity index (χ2v) is 8.92. The van der Waals surface area contributed by atoms with Gasteiger partial charge in [-0.15, -0.1) is 0 Å². The van der Waals surface area contributed by atoms with E-state index in [-0.39, 0.29) is 0 Å². The van der Waals surface area contributed by atoms with Crippen LogP contribution in [0.3, 0.4) is 0 Å². The summed E-state index contributed by atoms with van der Waals surface area (Å²) in [6.07, 6.45) is 14.8. The van der Waals surface area contributed by atoms with E-state index in [0.717, 1.165) is 24.8 Å². The molecule has 3 aliphatic rings. The first kappa shape index (κ1) is 18.8. The summed E-state index contributed by atoms with van der Waals surface area (Å²) in [5.74, 6) is 2.18. The van der Waals surface area contributed by atoms with Crippen molar-refractivity contribution in [1.29, 1.82) is 0 Å². The van der Waals surface area contributed by atoms with Gasteiger partial charge in [0.05, 0.1) is 0 Å². The van der Waals surface area contributed by atoms with E-state index in [1.807, 2.05) is 0 Å². The molecular formula is C22H37N3. The average molecular weight is 344 g/mol. The Kier molecular flexibility index (Phi) is 5.85. The summed E-state index contributed by atoms with van der Waals surface area (Å²) in [5.41, 5.74) is 1.80. The number of nitrogens with zero attached hydrogens (tertiary/aromatic N) is 2. The average Bonchev–Trinajstić information content (AvgIpc) is 2.79. The van der Waals surface area contributed by atoms with Gasteiger partial charge < -0.3 is 4.90 Å². The first-order valence-electron chi connectivity index (χ1n) is 10.2. The molecule has 1 N–H and O–H groups in total. The molecule has 0 amide bonds. The Hall–Kier alpha value is -0.930. The van der Waals surface area contributed by atoms with Gasteiger partial charge in [0, 0.05) is 24.1 Å². The molecule has 0 aromatic rings. The lowest BCUT2D eigenvalue weighted by Crippen LogP contribution is -2.48. The van der Waals surface area contributed by atoms with Crippen LogP contribution in [0.5, 0.6) is 0 Å². The van der Waals surface area contributed by atoms with E-state index in [1.54, 1.807) is 0 Å². The van der Waals surface area contributed by atoms with E-state index in [4.69, 9.17) is 4.99 Å². The highest BCUT2D eigenvalue weighted by Gasteiger charge is 2.53. The zero-order chi connectivity index (χ0) is 18.0. The fraction of sp³-hybridized carbons (Fsp3) is 0.773. The predicted octanol–water partition coefficient (Wildman–Crippen LogP) is 4.27. The molecule has 1 aliphatic carbocycles. The highest BCUT2D eigenvalue weighted by Crippen LogP contribution is 2.56. The maximum atomic E-state index is 4.93. The normalized spacial score (nSPS) is 38.7. The first-order valence-corrected chi connectivity index (χ1v) is 10.2. The van der Waals surface area contributed by atoms with Crippen LogP contribution in [-0.2, 0) is 0 Å². The van der Waals surface area contributed by atoms with Crippen LogP contribution in [0.2, 0.25) is 0 Å². The molecule has 0 aromatic carbocycles. The van der Waals surface area contributed by atoms with Crippen LogP contribution < -0.4 is 5.32 Å². The van der Waals surface area contributed by atoms with Gasteiger partial charge in [-0.2, -0.15) is 0 Å². The molecule has 4 unspecified atom stereocenters. The summed E-state index contributed by atoms with van der Waals surface area (Å²) < 4.78 is 0. The van der Waals surface area contributed by atoms with E-state index in [1.165, 1.54) is 37.7 Å². The first-order chi connectivity index (χ1) is 12.0. The minimum atomic E-state index is 0.367. The number of likely N-dealkylation sites (N-methyl/N-ethyl adjacent to an activating group) is 1. The molecular weight excluding hydrogens is 306 g/mol. The van der Waals surface area contributed by atoms with Crippen molar-refractivity contribution in [3.05, 3.63) is 24.3 Å². The Morgan fingerprint density at radius 2 is 2.28 bits per heavy atom. The van der Waals surface area contributed by atoms with E-state index in [2.05, 4.69) is 63.1 Å². The number of allylic oxidation sites excluding steroid dienone is 1. The van der Waals surface area contributed by atoms with Gasteiger partial charge in [-0.25, -0.2) is 0 Å². The van der Waals surface area contributed by atoms with Crippen LogP contribution >= 0.6 is 0 Å². The summed E-state index contributed by atoms with van der Waals surface area (Å²) in [6, 6.07) is 0.483. The SMILES string of the molecule is C=C/C(=C/CC1C=NC2NCC[C@H]3CC2[C@]1(C)C3)C(CCC)N(C)C. The molecule has 140 valence electrons. The molecule has 3 rings (SSSR count). The van der Waals surface area contributed by atoms with E-state index >= 15 is 0 Å². The van der Waals surface area contributed by atoms with E-state index < -0.39 is 0 Å². The largest absolute Gasteiger partial charge is 0.302 e. The third-order valence-corrected chi connectivity index (χ3v) is 7.14. The molecule has 25 heavy (non-hydrogen) atoms. The van der Waals surface area contributed by atoms with Crippen LogP contribution in [0.15, 0.2) is 29.3 Å². The summed E-state index contributed by atoms with van der Waals surface area (Å²) in [7, 11) is 4.36. The van der Waals surface area contributed by atoms with Crippen molar-refractivity contribution in [2.45, 2.75) is 64.6 Å². The van der Waals surface area contributed by atoms with Crippen LogP contribution in [-0.4, -0.2) is 44.0 Å². The Bertz CT molecular complexity index is 535. The second-order valence-electron chi connectivity index (χ2n) is 8.92. The molecule has 0 spiro atoms. The molecule has 3 heteroatoms. The molecule has 1 saturated heterocycles. The molecule has 2 fully saturated rings. The van der Waals surface area contributed by atoms with Crippen molar-refractivity contribution in [2.75, 3.05) is 20.6 Å². The highest BCUT2D eigenvalue weighted by atomic mass is 15.1. The molecule has 0 aromatic heterocycles. The molecule has 6 atom stereocenters. The van der Waals surface area contributed by atoms with Crippen LogP contribution in [0, 0.1) is 23.2 Å². The smallest absolute Gasteiger partial charge is 0.102 e. The number of hydrogen-bond acceptors (Lipinski definition) is 3. The molecule has 0 radical (unpaired) electrons. The van der Waals surface area contributed by atoms with Crippen molar-refractivity contribution < 1.29 is 0 Å².